The van der Waals surface area contributed by atoms with Gasteiger partial charge in [0.1, 0.15) is 6.61 Å². The number of aromatic carboxylic acids is 1. The van der Waals surface area contributed by atoms with Gasteiger partial charge in [0.05, 0.1) is 17.9 Å². The van der Waals surface area contributed by atoms with Gasteiger partial charge in [0.2, 0.25) is 0 Å². The van der Waals surface area contributed by atoms with Crippen molar-refractivity contribution in [3.8, 4) is 11.5 Å². The van der Waals surface area contributed by atoms with Crippen LogP contribution >= 0.6 is 0 Å². The van der Waals surface area contributed by atoms with Crippen LogP contribution in [0.15, 0.2) is 65.7 Å². The molecule has 0 aliphatic carbocycles. The van der Waals surface area contributed by atoms with Gasteiger partial charge < -0.3 is 14.6 Å². The van der Waals surface area contributed by atoms with E-state index in [1.54, 1.807) is 24.3 Å². The smallest absolute Gasteiger partial charge is 0.335 e. The Morgan fingerprint density at radius 3 is 2.43 bits per heavy atom. The molecule has 3 aromatic carbocycles. The van der Waals surface area contributed by atoms with Crippen LogP contribution in [0.2, 0.25) is 0 Å². The predicted octanol–water partition coefficient (Wildman–Crippen LogP) is 5.73. The Bertz CT molecular complexity index is 1060. The van der Waals surface area contributed by atoms with Crippen molar-refractivity contribution >= 4 is 17.9 Å². The SMILES string of the molecule is CCOc1cc(C=Nc2cc(C)ccc2C)ccc1OCc1ccc(C(=O)O)cc1. The number of nitrogens with zero attached hydrogens (tertiary/aromatic N) is 1. The molecule has 5 heteroatoms. The van der Waals surface area contributed by atoms with Crippen molar-refractivity contribution in [2.45, 2.75) is 27.4 Å². The second-order valence-electron chi connectivity index (χ2n) is 6.98. The van der Waals surface area contributed by atoms with Crippen molar-refractivity contribution < 1.29 is 19.4 Å². The zero-order valence-electron chi connectivity index (χ0n) is 17.4. The Hall–Kier alpha value is -3.60. The molecule has 0 aromatic heterocycles. The molecule has 0 aliphatic rings. The number of carboxylic acid groups (broad SMARTS) is 1. The average molecular weight is 403 g/mol. The fourth-order valence-corrected chi connectivity index (χ4v) is 2.90. The van der Waals surface area contributed by atoms with E-state index >= 15 is 0 Å². The summed E-state index contributed by atoms with van der Waals surface area (Å²) in [5, 5.41) is 8.99. The third-order valence-electron chi connectivity index (χ3n) is 4.58. The van der Waals surface area contributed by atoms with Gasteiger partial charge >= 0.3 is 5.97 Å². The standard InChI is InChI=1S/C25H25NO4/c1-4-29-24-14-20(15-26-22-13-17(2)5-6-18(22)3)9-12-23(24)30-16-19-7-10-21(11-8-19)25(27)28/h5-15H,4,16H2,1-3H3,(H,27,28). The van der Waals surface area contributed by atoms with Gasteiger partial charge in [-0.1, -0.05) is 24.3 Å². The van der Waals surface area contributed by atoms with Crippen LogP contribution in [0, 0.1) is 13.8 Å². The Morgan fingerprint density at radius 2 is 1.73 bits per heavy atom. The fourth-order valence-electron chi connectivity index (χ4n) is 2.90. The van der Waals surface area contributed by atoms with Crippen LogP contribution in [0.25, 0.3) is 0 Å². The molecule has 0 saturated heterocycles. The van der Waals surface area contributed by atoms with Gasteiger partial charge in [-0.15, -0.1) is 0 Å². The summed E-state index contributed by atoms with van der Waals surface area (Å²) in [5.41, 5.74) is 5.28. The second-order valence-corrected chi connectivity index (χ2v) is 6.98. The van der Waals surface area contributed by atoms with Gasteiger partial charge in [-0.25, -0.2) is 4.79 Å². The van der Waals surface area contributed by atoms with Gasteiger partial charge in [0.15, 0.2) is 11.5 Å². The van der Waals surface area contributed by atoms with Gasteiger partial charge in [-0.05, 0) is 79.4 Å². The summed E-state index contributed by atoms with van der Waals surface area (Å²) < 4.78 is 11.7. The molecule has 30 heavy (non-hydrogen) atoms. The van der Waals surface area contributed by atoms with Crippen LogP contribution in [-0.2, 0) is 6.61 Å². The fraction of sp³-hybridized carbons (Fsp3) is 0.200. The van der Waals surface area contributed by atoms with E-state index < -0.39 is 5.97 Å². The summed E-state index contributed by atoms with van der Waals surface area (Å²) in [6.07, 6.45) is 1.82. The Morgan fingerprint density at radius 1 is 0.967 bits per heavy atom. The van der Waals surface area contributed by atoms with Crippen molar-refractivity contribution in [2.75, 3.05) is 6.61 Å². The number of carboxylic acids is 1. The first-order valence-electron chi connectivity index (χ1n) is 9.79. The maximum Gasteiger partial charge on any atom is 0.335 e. The summed E-state index contributed by atoms with van der Waals surface area (Å²) in [7, 11) is 0. The molecule has 0 fully saturated rings. The summed E-state index contributed by atoms with van der Waals surface area (Å²) in [4.78, 5) is 15.6. The van der Waals surface area contributed by atoms with Gasteiger partial charge in [-0.3, -0.25) is 4.99 Å². The summed E-state index contributed by atoms with van der Waals surface area (Å²) >= 11 is 0. The molecule has 0 unspecified atom stereocenters. The van der Waals surface area contributed by atoms with Crippen LogP contribution in [0.3, 0.4) is 0 Å². The third-order valence-corrected chi connectivity index (χ3v) is 4.58. The number of hydrogen-bond donors (Lipinski definition) is 1. The number of aryl methyl sites for hydroxylation is 2. The highest BCUT2D eigenvalue weighted by Crippen LogP contribution is 2.29. The zero-order valence-corrected chi connectivity index (χ0v) is 17.4. The highest BCUT2D eigenvalue weighted by Gasteiger charge is 2.08. The number of benzene rings is 3. The molecule has 3 rings (SSSR count). The molecular weight excluding hydrogens is 378 g/mol. The quantitative estimate of drug-likeness (QED) is 0.488. The van der Waals surface area contributed by atoms with Crippen LogP contribution in [0.5, 0.6) is 11.5 Å². The number of hydrogen-bond acceptors (Lipinski definition) is 4. The van der Waals surface area contributed by atoms with Gasteiger partial charge in [0, 0.05) is 6.21 Å². The minimum atomic E-state index is -0.945. The Kier molecular flexibility index (Phi) is 6.86. The Balaban J connectivity index is 1.75. The number of carbonyl (C=O) groups is 1. The van der Waals surface area contributed by atoms with E-state index in [0.717, 1.165) is 22.4 Å². The van der Waals surface area contributed by atoms with Crippen molar-refractivity contribution in [3.63, 3.8) is 0 Å². The molecule has 0 radical (unpaired) electrons. The monoisotopic (exact) mass is 403 g/mol. The van der Waals surface area contributed by atoms with E-state index in [1.165, 1.54) is 5.56 Å². The third kappa shape index (κ3) is 5.47. The first kappa shape index (κ1) is 21.1. The highest BCUT2D eigenvalue weighted by molar-refractivity contribution is 5.87. The Labute approximate surface area is 176 Å². The largest absolute Gasteiger partial charge is 0.490 e. The predicted molar refractivity (Wildman–Crippen MR) is 119 cm³/mol. The second kappa shape index (κ2) is 9.74. The van der Waals surface area contributed by atoms with Crippen molar-refractivity contribution in [1.29, 1.82) is 0 Å². The highest BCUT2D eigenvalue weighted by atomic mass is 16.5. The lowest BCUT2D eigenvalue weighted by Gasteiger charge is -2.13. The van der Waals surface area contributed by atoms with Crippen LogP contribution < -0.4 is 9.47 Å². The minimum Gasteiger partial charge on any atom is -0.490 e. The molecule has 154 valence electrons. The number of rotatable bonds is 8. The molecule has 1 N–H and O–H groups in total. The van der Waals surface area contributed by atoms with Crippen molar-refractivity contribution in [3.05, 3.63) is 88.5 Å². The molecule has 0 amide bonds. The summed E-state index contributed by atoms with van der Waals surface area (Å²) in [6, 6.07) is 18.5. The van der Waals surface area contributed by atoms with Crippen LogP contribution in [-0.4, -0.2) is 23.9 Å². The topological polar surface area (TPSA) is 68.1 Å². The van der Waals surface area contributed by atoms with Gasteiger partial charge in [0.25, 0.3) is 0 Å². The first-order chi connectivity index (χ1) is 14.5. The van der Waals surface area contributed by atoms with E-state index in [2.05, 4.69) is 23.2 Å². The maximum atomic E-state index is 11.0. The van der Waals surface area contributed by atoms with Crippen LogP contribution in [0.1, 0.15) is 39.5 Å². The molecule has 0 spiro atoms. The maximum absolute atomic E-state index is 11.0. The number of ether oxygens (including phenoxy) is 2. The normalized spacial score (nSPS) is 10.9. The molecule has 3 aromatic rings. The summed E-state index contributed by atoms with van der Waals surface area (Å²) in [6.45, 7) is 6.84. The van der Waals surface area contributed by atoms with Gasteiger partial charge in [-0.2, -0.15) is 0 Å². The number of aliphatic imine (C=N–C) groups is 1. The lowest BCUT2D eigenvalue weighted by atomic mass is 10.1. The lowest BCUT2D eigenvalue weighted by Crippen LogP contribution is -2.01. The van der Waals surface area contributed by atoms with E-state index in [0.29, 0.717) is 24.7 Å². The van der Waals surface area contributed by atoms with E-state index in [9.17, 15) is 4.79 Å². The molecule has 5 nitrogen and oxygen atoms in total. The molecule has 0 atom stereocenters. The van der Waals surface area contributed by atoms with E-state index in [1.807, 2.05) is 45.2 Å². The van der Waals surface area contributed by atoms with Crippen LogP contribution in [0.4, 0.5) is 5.69 Å². The minimum absolute atomic E-state index is 0.251. The molecule has 0 bridgehead atoms. The van der Waals surface area contributed by atoms with Crippen molar-refractivity contribution in [1.82, 2.24) is 0 Å². The molecule has 0 aliphatic heterocycles. The zero-order chi connectivity index (χ0) is 21.5. The molecular formula is C25H25NO4. The average Bonchev–Trinajstić information content (AvgIpc) is 2.74. The summed E-state index contributed by atoms with van der Waals surface area (Å²) in [5.74, 6) is 0.326. The van der Waals surface area contributed by atoms with E-state index in [-0.39, 0.29) is 5.56 Å². The molecule has 0 saturated carbocycles. The lowest BCUT2D eigenvalue weighted by molar-refractivity contribution is 0.0697. The van der Waals surface area contributed by atoms with E-state index in [4.69, 9.17) is 14.6 Å². The van der Waals surface area contributed by atoms with Crippen molar-refractivity contribution in [2.24, 2.45) is 4.99 Å². The first-order valence-corrected chi connectivity index (χ1v) is 9.79. The molecule has 0 heterocycles.